The van der Waals surface area contributed by atoms with Gasteiger partial charge in [0, 0.05) is 6.04 Å². The first kappa shape index (κ1) is 14.7. The lowest BCUT2D eigenvalue weighted by Gasteiger charge is -2.16. The predicted octanol–water partition coefficient (Wildman–Crippen LogP) is -0.180. The second-order valence-corrected chi connectivity index (χ2v) is 5.43. The molecule has 3 N–H and O–H groups in total. The van der Waals surface area contributed by atoms with Crippen LogP contribution in [0.5, 0.6) is 0 Å². The highest BCUT2D eigenvalue weighted by atomic mass is 32.2. The minimum absolute atomic E-state index is 0.0138. The Morgan fingerprint density at radius 3 is 2.50 bits per heavy atom. The van der Waals surface area contributed by atoms with Gasteiger partial charge in [0.05, 0.1) is 13.0 Å². The number of hydrogen-bond donors (Lipinski definition) is 3. The van der Waals surface area contributed by atoms with E-state index >= 15 is 0 Å². The first-order chi connectivity index (χ1) is 8.34. The summed E-state index contributed by atoms with van der Waals surface area (Å²) in [6.45, 7) is 1.58. The smallest absolute Gasteiger partial charge is 0.421 e. The highest BCUT2D eigenvalue weighted by Crippen LogP contribution is 2.34. The van der Waals surface area contributed by atoms with Crippen molar-refractivity contribution in [2.75, 3.05) is 6.61 Å². The van der Waals surface area contributed by atoms with Crippen LogP contribution in [0.2, 0.25) is 0 Å². The zero-order chi connectivity index (χ0) is 13.8. The Morgan fingerprint density at radius 1 is 1.44 bits per heavy atom. The lowest BCUT2D eigenvalue weighted by molar-refractivity contribution is -0.137. The SMILES string of the molecule is CCOC(=O)NS(=O)(=O)NC(CC(=O)O)C1CC1. The fourth-order valence-corrected chi connectivity index (χ4v) is 2.50. The van der Waals surface area contributed by atoms with Crippen molar-refractivity contribution < 1.29 is 27.9 Å². The summed E-state index contributed by atoms with van der Waals surface area (Å²) >= 11 is 0. The first-order valence-electron chi connectivity index (χ1n) is 5.52. The number of hydrogen-bond acceptors (Lipinski definition) is 5. The number of ether oxygens (including phenoxy) is 1. The van der Waals surface area contributed by atoms with Crippen molar-refractivity contribution in [3.63, 3.8) is 0 Å². The van der Waals surface area contributed by atoms with E-state index in [1.54, 1.807) is 4.72 Å². The summed E-state index contributed by atoms with van der Waals surface area (Å²) in [5.41, 5.74) is 0. The molecule has 1 atom stereocenters. The standard InChI is InChI=1S/C9H16N2O6S/c1-2-17-9(14)11-18(15,16)10-7(5-8(12)13)6-3-4-6/h6-7,10H,2-5H2,1H3,(H,11,14)(H,12,13). The van der Waals surface area contributed by atoms with E-state index < -0.39 is 28.3 Å². The number of carbonyl (C=O) groups excluding carboxylic acids is 1. The van der Waals surface area contributed by atoms with Gasteiger partial charge in [-0.1, -0.05) is 0 Å². The van der Waals surface area contributed by atoms with Crippen LogP contribution in [0, 0.1) is 5.92 Å². The van der Waals surface area contributed by atoms with Crippen LogP contribution in [0.3, 0.4) is 0 Å². The molecule has 0 spiro atoms. The summed E-state index contributed by atoms with van der Waals surface area (Å²) in [4.78, 5) is 21.6. The third-order valence-corrected chi connectivity index (χ3v) is 3.43. The molecule has 0 heterocycles. The second kappa shape index (κ2) is 6.01. The van der Waals surface area contributed by atoms with Crippen molar-refractivity contribution >= 4 is 22.3 Å². The summed E-state index contributed by atoms with van der Waals surface area (Å²) in [6.07, 6.45) is 0.156. The number of aliphatic carboxylic acids is 1. The monoisotopic (exact) mass is 280 g/mol. The molecule has 1 aliphatic rings. The number of carboxylic acids is 1. The molecule has 1 aliphatic carbocycles. The molecule has 1 amide bonds. The Labute approximate surface area is 105 Å². The number of nitrogens with one attached hydrogen (secondary N) is 2. The maximum atomic E-state index is 11.5. The molecular formula is C9H16N2O6S. The largest absolute Gasteiger partial charge is 0.481 e. The molecule has 0 radical (unpaired) electrons. The van der Waals surface area contributed by atoms with E-state index in [1.165, 1.54) is 6.92 Å². The number of carboxylic acid groups (broad SMARTS) is 1. The number of carbonyl (C=O) groups is 2. The molecule has 18 heavy (non-hydrogen) atoms. The van der Waals surface area contributed by atoms with Gasteiger partial charge in [0.15, 0.2) is 0 Å². The molecule has 0 aliphatic heterocycles. The summed E-state index contributed by atoms with van der Waals surface area (Å²) in [7, 11) is -4.09. The third-order valence-electron chi connectivity index (χ3n) is 2.39. The minimum Gasteiger partial charge on any atom is -0.481 e. The summed E-state index contributed by atoms with van der Waals surface area (Å²) < 4.78 is 31.3. The maximum Gasteiger partial charge on any atom is 0.421 e. The number of rotatable bonds is 7. The number of amides is 1. The van der Waals surface area contributed by atoms with E-state index in [-0.39, 0.29) is 18.9 Å². The van der Waals surface area contributed by atoms with Crippen LogP contribution < -0.4 is 9.44 Å². The fraction of sp³-hybridized carbons (Fsp3) is 0.778. The van der Waals surface area contributed by atoms with E-state index in [9.17, 15) is 18.0 Å². The Kier molecular flexibility index (Phi) is 4.91. The average Bonchev–Trinajstić information content (AvgIpc) is 2.96. The molecule has 1 saturated carbocycles. The molecule has 9 heteroatoms. The molecular weight excluding hydrogens is 264 g/mol. The average molecular weight is 280 g/mol. The molecule has 104 valence electrons. The van der Waals surface area contributed by atoms with Crippen molar-refractivity contribution in [1.29, 1.82) is 0 Å². The molecule has 1 rings (SSSR count). The van der Waals surface area contributed by atoms with Gasteiger partial charge < -0.3 is 9.84 Å². The lowest BCUT2D eigenvalue weighted by atomic mass is 10.1. The van der Waals surface area contributed by atoms with Crippen LogP contribution in [0.4, 0.5) is 4.79 Å². The third kappa shape index (κ3) is 5.32. The zero-order valence-electron chi connectivity index (χ0n) is 9.88. The fourth-order valence-electron chi connectivity index (χ4n) is 1.49. The van der Waals surface area contributed by atoms with Crippen molar-refractivity contribution in [3.8, 4) is 0 Å². The van der Waals surface area contributed by atoms with Gasteiger partial charge in [-0.15, -0.1) is 0 Å². The molecule has 1 unspecified atom stereocenters. The van der Waals surface area contributed by atoms with Gasteiger partial charge in [0.25, 0.3) is 0 Å². The van der Waals surface area contributed by atoms with E-state index in [0.29, 0.717) is 0 Å². The van der Waals surface area contributed by atoms with Gasteiger partial charge >= 0.3 is 22.3 Å². The van der Waals surface area contributed by atoms with Gasteiger partial charge in [-0.25, -0.2) is 9.52 Å². The molecule has 0 aromatic carbocycles. The normalized spacial score (nSPS) is 16.9. The second-order valence-electron chi connectivity index (χ2n) is 3.99. The van der Waals surface area contributed by atoms with Crippen LogP contribution in [0.25, 0.3) is 0 Å². The topological polar surface area (TPSA) is 122 Å². The van der Waals surface area contributed by atoms with Crippen molar-refractivity contribution in [3.05, 3.63) is 0 Å². The van der Waals surface area contributed by atoms with Crippen LogP contribution in [-0.4, -0.2) is 38.2 Å². The lowest BCUT2D eigenvalue weighted by Crippen LogP contribution is -2.46. The van der Waals surface area contributed by atoms with Gasteiger partial charge in [-0.3, -0.25) is 4.79 Å². The van der Waals surface area contributed by atoms with Gasteiger partial charge in [0.2, 0.25) is 0 Å². The van der Waals surface area contributed by atoms with E-state index in [2.05, 4.69) is 9.46 Å². The van der Waals surface area contributed by atoms with Gasteiger partial charge in [-0.2, -0.15) is 13.1 Å². The molecule has 1 fully saturated rings. The summed E-state index contributed by atoms with van der Waals surface area (Å²) in [6, 6.07) is -0.700. The quantitative estimate of drug-likeness (QED) is 0.594. The highest BCUT2D eigenvalue weighted by molar-refractivity contribution is 7.88. The molecule has 0 aromatic heterocycles. The van der Waals surface area contributed by atoms with E-state index in [4.69, 9.17) is 5.11 Å². The maximum absolute atomic E-state index is 11.5. The Hall–Kier alpha value is -1.35. The van der Waals surface area contributed by atoms with Gasteiger partial charge in [-0.05, 0) is 25.7 Å². The highest BCUT2D eigenvalue weighted by Gasteiger charge is 2.35. The van der Waals surface area contributed by atoms with Crippen LogP contribution in [0.15, 0.2) is 0 Å². The van der Waals surface area contributed by atoms with Crippen LogP contribution in [0.1, 0.15) is 26.2 Å². The Morgan fingerprint density at radius 2 is 2.06 bits per heavy atom. The van der Waals surface area contributed by atoms with Crippen LogP contribution in [-0.2, 0) is 19.7 Å². The van der Waals surface area contributed by atoms with Crippen molar-refractivity contribution in [2.24, 2.45) is 5.92 Å². The molecule has 0 aromatic rings. The Bertz CT molecular complexity index is 417. The van der Waals surface area contributed by atoms with Crippen molar-refractivity contribution in [2.45, 2.75) is 32.2 Å². The Balaban J connectivity index is 2.56. The van der Waals surface area contributed by atoms with Crippen molar-refractivity contribution in [1.82, 2.24) is 9.44 Å². The molecule has 0 saturated heterocycles. The first-order valence-corrected chi connectivity index (χ1v) is 7.01. The van der Waals surface area contributed by atoms with Gasteiger partial charge in [0.1, 0.15) is 0 Å². The molecule has 8 nitrogen and oxygen atoms in total. The van der Waals surface area contributed by atoms with E-state index in [1.807, 2.05) is 0 Å². The molecule has 0 bridgehead atoms. The summed E-state index contributed by atoms with van der Waals surface area (Å²) in [5.74, 6) is -1.08. The minimum atomic E-state index is -4.09. The van der Waals surface area contributed by atoms with E-state index in [0.717, 1.165) is 12.8 Å². The summed E-state index contributed by atoms with van der Waals surface area (Å²) in [5, 5.41) is 8.68. The predicted molar refractivity (Wildman–Crippen MR) is 61.0 cm³/mol. The van der Waals surface area contributed by atoms with Crippen LogP contribution >= 0.6 is 0 Å². The zero-order valence-corrected chi connectivity index (χ0v) is 10.7.